The summed E-state index contributed by atoms with van der Waals surface area (Å²) in [5.74, 6) is 1.40. The van der Waals surface area contributed by atoms with Crippen LogP contribution in [0.2, 0.25) is 5.02 Å². The molecule has 2 aromatic carbocycles. The lowest BCUT2D eigenvalue weighted by molar-refractivity contribution is 0.891. The first-order valence-electron chi connectivity index (χ1n) is 7.59. The number of nitrogens with zero attached hydrogens (tertiary/aromatic N) is 2. The predicted octanol–water partition coefficient (Wildman–Crippen LogP) is 5.16. The lowest BCUT2D eigenvalue weighted by atomic mass is 10.2. The molecule has 4 nitrogen and oxygen atoms in total. The first-order valence-corrected chi connectivity index (χ1v) is 7.97. The molecule has 0 bridgehead atoms. The average Bonchev–Trinajstić information content (AvgIpc) is 2.50. The van der Waals surface area contributed by atoms with Gasteiger partial charge >= 0.3 is 0 Å². The Morgan fingerprint density at radius 3 is 2.57 bits per heavy atom. The van der Waals surface area contributed by atoms with Crippen LogP contribution in [0.5, 0.6) is 0 Å². The van der Waals surface area contributed by atoms with Crippen molar-refractivity contribution in [2.24, 2.45) is 0 Å². The average molecular weight is 327 g/mol. The van der Waals surface area contributed by atoms with Gasteiger partial charge in [0.05, 0.1) is 5.52 Å². The molecule has 0 aliphatic rings. The Hall–Kier alpha value is -2.33. The summed E-state index contributed by atoms with van der Waals surface area (Å²) in [6.07, 6.45) is 0. The minimum Gasteiger partial charge on any atom is -0.367 e. The molecule has 0 saturated heterocycles. The zero-order chi connectivity index (χ0) is 16.4. The summed E-state index contributed by atoms with van der Waals surface area (Å²) in [5, 5.41) is 8.40. The normalized spacial score (nSPS) is 11.0. The molecule has 118 valence electrons. The number of hydrogen-bond acceptors (Lipinski definition) is 4. The van der Waals surface area contributed by atoms with E-state index < -0.39 is 0 Å². The minimum absolute atomic E-state index is 0.290. The second-order valence-electron chi connectivity index (χ2n) is 5.80. The van der Waals surface area contributed by atoms with Crippen molar-refractivity contribution >= 4 is 40.0 Å². The number of benzene rings is 2. The smallest absolute Gasteiger partial charge is 0.229 e. The van der Waals surface area contributed by atoms with Crippen LogP contribution in [0, 0.1) is 6.92 Å². The van der Waals surface area contributed by atoms with Crippen molar-refractivity contribution in [3.8, 4) is 0 Å². The topological polar surface area (TPSA) is 49.8 Å². The Morgan fingerprint density at radius 2 is 1.83 bits per heavy atom. The molecule has 3 rings (SSSR count). The van der Waals surface area contributed by atoms with E-state index in [1.165, 1.54) is 0 Å². The number of para-hydroxylation sites is 1. The Kier molecular flexibility index (Phi) is 4.35. The molecular formula is C18H19ClN4. The Balaban J connectivity index is 2.03. The first kappa shape index (κ1) is 15.6. The number of anilines is 3. The second kappa shape index (κ2) is 6.42. The van der Waals surface area contributed by atoms with Gasteiger partial charge in [0.1, 0.15) is 5.82 Å². The van der Waals surface area contributed by atoms with Gasteiger partial charge in [-0.3, -0.25) is 0 Å². The predicted molar refractivity (Wildman–Crippen MR) is 97.8 cm³/mol. The monoisotopic (exact) mass is 326 g/mol. The maximum Gasteiger partial charge on any atom is 0.229 e. The van der Waals surface area contributed by atoms with E-state index in [0.29, 0.717) is 12.0 Å². The molecule has 0 fully saturated rings. The van der Waals surface area contributed by atoms with Gasteiger partial charge in [-0.15, -0.1) is 0 Å². The number of aromatic nitrogens is 2. The summed E-state index contributed by atoms with van der Waals surface area (Å²) >= 11 is 6.01. The Labute approximate surface area is 140 Å². The minimum atomic E-state index is 0.290. The molecule has 0 atom stereocenters. The lowest BCUT2D eigenvalue weighted by Gasteiger charge is -2.14. The van der Waals surface area contributed by atoms with E-state index in [4.69, 9.17) is 11.6 Å². The van der Waals surface area contributed by atoms with Crippen LogP contribution >= 0.6 is 11.6 Å². The summed E-state index contributed by atoms with van der Waals surface area (Å²) in [6, 6.07) is 14.0. The van der Waals surface area contributed by atoms with Crippen molar-refractivity contribution in [2.45, 2.75) is 26.8 Å². The highest BCUT2D eigenvalue weighted by atomic mass is 35.5. The Bertz CT molecular complexity index is 846. The van der Waals surface area contributed by atoms with E-state index in [0.717, 1.165) is 33.0 Å². The maximum absolute atomic E-state index is 6.01. The molecule has 1 heterocycles. The molecule has 2 N–H and O–H groups in total. The molecular weight excluding hydrogens is 308 g/mol. The molecule has 3 aromatic rings. The van der Waals surface area contributed by atoms with Crippen LogP contribution in [0.25, 0.3) is 10.9 Å². The molecule has 0 spiro atoms. The zero-order valence-corrected chi connectivity index (χ0v) is 14.1. The first-order chi connectivity index (χ1) is 11.0. The van der Waals surface area contributed by atoms with Crippen LogP contribution in [0.3, 0.4) is 0 Å². The van der Waals surface area contributed by atoms with Crippen molar-refractivity contribution < 1.29 is 0 Å². The number of aryl methyl sites for hydroxylation is 1. The van der Waals surface area contributed by atoms with Gasteiger partial charge in [-0.2, -0.15) is 4.98 Å². The van der Waals surface area contributed by atoms with Crippen molar-refractivity contribution in [1.29, 1.82) is 0 Å². The van der Waals surface area contributed by atoms with Crippen LogP contribution in [-0.2, 0) is 0 Å². The second-order valence-corrected chi connectivity index (χ2v) is 6.23. The van der Waals surface area contributed by atoms with Crippen molar-refractivity contribution in [1.82, 2.24) is 9.97 Å². The molecule has 23 heavy (non-hydrogen) atoms. The number of nitrogens with one attached hydrogen (secondary N) is 2. The van der Waals surface area contributed by atoms with Gasteiger partial charge in [-0.05, 0) is 56.7 Å². The van der Waals surface area contributed by atoms with Gasteiger partial charge in [0.2, 0.25) is 5.95 Å². The number of fused-ring (bicyclic) bond motifs is 1. The van der Waals surface area contributed by atoms with E-state index >= 15 is 0 Å². The SMILES string of the molecule is Cc1cc(Cl)ccc1Nc1nc(NC(C)C)c2ccccc2n1. The number of hydrogen-bond donors (Lipinski definition) is 2. The third-order valence-electron chi connectivity index (χ3n) is 3.46. The standard InChI is InChI=1S/C18H19ClN4/c1-11(2)20-17-14-6-4-5-7-16(14)22-18(23-17)21-15-9-8-13(19)10-12(15)3/h4-11H,1-3H3,(H2,20,21,22,23). The quantitative estimate of drug-likeness (QED) is 0.695. The van der Waals surface area contributed by atoms with Crippen LogP contribution in [0.1, 0.15) is 19.4 Å². The third-order valence-corrected chi connectivity index (χ3v) is 3.70. The van der Waals surface area contributed by atoms with Crippen LogP contribution < -0.4 is 10.6 Å². The summed E-state index contributed by atoms with van der Waals surface area (Å²) < 4.78 is 0. The van der Waals surface area contributed by atoms with Gasteiger partial charge < -0.3 is 10.6 Å². The van der Waals surface area contributed by atoms with Crippen molar-refractivity contribution in [3.63, 3.8) is 0 Å². The fourth-order valence-electron chi connectivity index (χ4n) is 2.40. The highest BCUT2D eigenvalue weighted by molar-refractivity contribution is 6.30. The Morgan fingerprint density at radius 1 is 1.04 bits per heavy atom. The molecule has 0 unspecified atom stereocenters. The highest BCUT2D eigenvalue weighted by Gasteiger charge is 2.09. The van der Waals surface area contributed by atoms with Gasteiger partial charge in [-0.25, -0.2) is 4.98 Å². The van der Waals surface area contributed by atoms with E-state index in [2.05, 4.69) is 34.4 Å². The summed E-state index contributed by atoms with van der Waals surface area (Å²) in [4.78, 5) is 9.24. The van der Waals surface area contributed by atoms with Gasteiger partial charge in [0.25, 0.3) is 0 Å². The zero-order valence-electron chi connectivity index (χ0n) is 13.4. The van der Waals surface area contributed by atoms with Crippen molar-refractivity contribution in [2.75, 3.05) is 10.6 Å². The third kappa shape index (κ3) is 3.54. The van der Waals surface area contributed by atoms with Crippen LogP contribution in [-0.4, -0.2) is 16.0 Å². The molecule has 5 heteroatoms. The molecule has 0 aliphatic heterocycles. The molecule has 0 saturated carbocycles. The van der Waals surface area contributed by atoms with Gasteiger partial charge in [-0.1, -0.05) is 23.7 Å². The summed E-state index contributed by atoms with van der Waals surface area (Å²) in [5.41, 5.74) is 2.90. The fraction of sp³-hybridized carbons (Fsp3) is 0.222. The van der Waals surface area contributed by atoms with E-state index in [9.17, 15) is 0 Å². The largest absolute Gasteiger partial charge is 0.367 e. The van der Waals surface area contributed by atoms with Gasteiger partial charge in [0, 0.05) is 22.1 Å². The molecule has 0 aliphatic carbocycles. The van der Waals surface area contributed by atoms with Crippen molar-refractivity contribution in [3.05, 3.63) is 53.1 Å². The van der Waals surface area contributed by atoms with Crippen LogP contribution in [0.15, 0.2) is 42.5 Å². The van der Waals surface area contributed by atoms with E-state index in [1.807, 2.05) is 49.4 Å². The molecule has 0 amide bonds. The van der Waals surface area contributed by atoms with Crippen LogP contribution in [0.4, 0.5) is 17.5 Å². The molecule has 1 aromatic heterocycles. The number of halogens is 1. The fourth-order valence-corrected chi connectivity index (χ4v) is 2.63. The summed E-state index contributed by atoms with van der Waals surface area (Å²) in [6.45, 7) is 6.18. The summed E-state index contributed by atoms with van der Waals surface area (Å²) in [7, 11) is 0. The maximum atomic E-state index is 6.01. The highest BCUT2D eigenvalue weighted by Crippen LogP contribution is 2.26. The van der Waals surface area contributed by atoms with Gasteiger partial charge in [0.15, 0.2) is 0 Å². The van der Waals surface area contributed by atoms with E-state index in [-0.39, 0.29) is 0 Å². The number of rotatable bonds is 4. The van der Waals surface area contributed by atoms with E-state index in [1.54, 1.807) is 0 Å². The lowest BCUT2D eigenvalue weighted by Crippen LogP contribution is -2.12. The molecule has 0 radical (unpaired) electrons.